The average molecular weight is 177 g/mol. The number of nitrogens with zero attached hydrogens (tertiary/aromatic N) is 2. The maximum Gasteiger partial charge on any atom is 0.134 e. The first-order valence-electron chi connectivity index (χ1n) is 4.77. The summed E-state index contributed by atoms with van der Waals surface area (Å²) < 4.78 is 0. The molecular weight excluding hydrogens is 162 g/mol. The van der Waals surface area contributed by atoms with Crippen molar-refractivity contribution < 1.29 is 0 Å². The van der Waals surface area contributed by atoms with Gasteiger partial charge < -0.3 is 5.73 Å². The van der Waals surface area contributed by atoms with Crippen LogP contribution in [0.25, 0.3) is 0 Å². The standard InChI is InChI=1S/C10H15N3/c1-10(4-5-10)9-12-7-3-8(13-9)2-6-11/h3,7H,2,4-6,11H2,1H3. The molecule has 1 saturated carbocycles. The van der Waals surface area contributed by atoms with Crippen molar-refractivity contribution in [3.63, 3.8) is 0 Å². The van der Waals surface area contributed by atoms with E-state index in [0.29, 0.717) is 6.54 Å². The van der Waals surface area contributed by atoms with E-state index in [1.165, 1.54) is 12.8 Å². The van der Waals surface area contributed by atoms with E-state index < -0.39 is 0 Å². The molecule has 0 atom stereocenters. The second-order valence-corrected chi connectivity index (χ2v) is 3.97. The normalized spacial score (nSPS) is 18.6. The molecule has 0 unspecified atom stereocenters. The van der Waals surface area contributed by atoms with Crippen molar-refractivity contribution in [1.29, 1.82) is 0 Å². The molecule has 2 rings (SSSR count). The summed E-state index contributed by atoms with van der Waals surface area (Å²) in [5, 5.41) is 0. The van der Waals surface area contributed by atoms with Crippen LogP contribution in [0, 0.1) is 0 Å². The molecule has 0 spiro atoms. The van der Waals surface area contributed by atoms with Gasteiger partial charge in [-0.25, -0.2) is 9.97 Å². The molecule has 1 aliphatic carbocycles. The van der Waals surface area contributed by atoms with Crippen LogP contribution < -0.4 is 5.73 Å². The van der Waals surface area contributed by atoms with Crippen molar-refractivity contribution in [2.45, 2.75) is 31.6 Å². The molecule has 70 valence electrons. The minimum atomic E-state index is 0.268. The fraction of sp³-hybridized carbons (Fsp3) is 0.600. The first kappa shape index (κ1) is 8.63. The van der Waals surface area contributed by atoms with Gasteiger partial charge in [0.05, 0.1) is 0 Å². The van der Waals surface area contributed by atoms with Crippen molar-refractivity contribution in [2.75, 3.05) is 6.54 Å². The van der Waals surface area contributed by atoms with E-state index in [1.54, 1.807) is 0 Å². The van der Waals surface area contributed by atoms with Gasteiger partial charge in [-0.05, 0) is 25.5 Å². The Morgan fingerprint density at radius 1 is 1.54 bits per heavy atom. The highest BCUT2D eigenvalue weighted by molar-refractivity contribution is 5.17. The van der Waals surface area contributed by atoms with Gasteiger partial charge in [0.15, 0.2) is 0 Å². The van der Waals surface area contributed by atoms with Gasteiger partial charge in [0.1, 0.15) is 5.82 Å². The molecule has 0 radical (unpaired) electrons. The van der Waals surface area contributed by atoms with Crippen LogP contribution in [-0.4, -0.2) is 16.5 Å². The quantitative estimate of drug-likeness (QED) is 0.750. The van der Waals surface area contributed by atoms with Crippen molar-refractivity contribution in [1.82, 2.24) is 9.97 Å². The van der Waals surface area contributed by atoms with Crippen molar-refractivity contribution >= 4 is 0 Å². The first-order chi connectivity index (χ1) is 6.24. The van der Waals surface area contributed by atoms with Crippen molar-refractivity contribution in [3.05, 3.63) is 23.8 Å². The number of hydrogen-bond donors (Lipinski definition) is 1. The summed E-state index contributed by atoms with van der Waals surface area (Å²) in [6.07, 6.45) is 5.14. The Hall–Kier alpha value is -0.960. The van der Waals surface area contributed by atoms with Crippen LogP contribution in [0.1, 0.15) is 31.3 Å². The zero-order chi connectivity index (χ0) is 9.31. The molecule has 13 heavy (non-hydrogen) atoms. The lowest BCUT2D eigenvalue weighted by molar-refractivity contribution is 0.695. The molecule has 2 N–H and O–H groups in total. The maximum absolute atomic E-state index is 5.47. The van der Waals surface area contributed by atoms with Gasteiger partial charge in [-0.2, -0.15) is 0 Å². The zero-order valence-corrected chi connectivity index (χ0v) is 7.95. The lowest BCUT2D eigenvalue weighted by atomic mass is 10.1. The summed E-state index contributed by atoms with van der Waals surface area (Å²) in [7, 11) is 0. The zero-order valence-electron chi connectivity index (χ0n) is 7.95. The summed E-state index contributed by atoms with van der Waals surface area (Å²) in [6.45, 7) is 2.88. The van der Waals surface area contributed by atoms with Gasteiger partial charge in [-0.3, -0.25) is 0 Å². The number of rotatable bonds is 3. The highest BCUT2D eigenvalue weighted by Crippen LogP contribution is 2.45. The van der Waals surface area contributed by atoms with Gasteiger partial charge in [0.25, 0.3) is 0 Å². The minimum Gasteiger partial charge on any atom is -0.330 e. The van der Waals surface area contributed by atoms with Crippen LogP contribution in [0.4, 0.5) is 0 Å². The van der Waals surface area contributed by atoms with Crippen LogP contribution >= 0.6 is 0 Å². The molecule has 1 aromatic rings. The predicted molar refractivity (Wildman–Crippen MR) is 51.4 cm³/mol. The number of aromatic nitrogens is 2. The summed E-state index contributed by atoms with van der Waals surface area (Å²) in [5.41, 5.74) is 6.81. The maximum atomic E-state index is 5.47. The second-order valence-electron chi connectivity index (χ2n) is 3.97. The Kier molecular flexibility index (Phi) is 2.04. The Bertz CT molecular complexity index is 305. The number of nitrogens with two attached hydrogens (primary N) is 1. The fourth-order valence-corrected chi connectivity index (χ4v) is 1.39. The molecule has 0 saturated heterocycles. The van der Waals surface area contributed by atoms with Crippen LogP contribution in [0.15, 0.2) is 12.3 Å². The minimum absolute atomic E-state index is 0.268. The van der Waals surface area contributed by atoms with Crippen molar-refractivity contribution in [2.24, 2.45) is 5.73 Å². The topological polar surface area (TPSA) is 51.8 Å². The Morgan fingerprint density at radius 3 is 2.92 bits per heavy atom. The number of hydrogen-bond acceptors (Lipinski definition) is 3. The van der Waals surface area contributed by atoms with Gasteiger partial charge in [-0.15, -0.1) is 0 Å². The molecule has 1 fully saturated rings. The molecule has 0 aliphatic heterocycles. The van der Waals surface area contributed by atoms with Crippen LogP contribution in [0.2, 0.25) is 0 Å². The lowest BCUT2D eigenvalue weighted by Gasteiger charge is -2.07. The molecular formula is C10H15N3. The van der Waals surface area contributed by atoms with Gasteiger partial charge in [0, 0.05) is 23.7 Å². The van der Waals surface area contributed by atoms with E-state index in [4.69, 9.17) is 5.73 Å². The van der Waals surface area contributed by atoms with Gasteiger partial charge in [0.2, 0.25) is 0 Å². The van der Waals surface area contributed by atoms with E-state index >= 15 is 0 Å². The largest absolute Gasteiger partial charge is 0.330 e. The molecule has 1 aromatic heterocycles. The third-order valence-electron chi connectivity index (χ3n) is 2.65. The highest BCUT2D eigenvalue weighted by Gasteiger charge is 2.41. The lowest BCUT2D eigenvalue weighted by Crippen LogP contribution is -2.11. The molecule has 1 aliphatic rings. The molecule has 3 heteroatoms. The first-order valence-corrected chi connectivity index (χ1v) is 4.77. The fourth-order valence-electron chi connectivity index (χ4n) is 1.39. The Balaban J connectivity index is 2.22. The summed E-state index contributed by atoms with van der Waals surface area (Å²) >= 11 is 0. The average Bonchev–Trinajstić information content (AvgIpc) is 2.86. The Morgan fingerprint density at radius 2 is 2.31 bits per heavy atom. The van der Waals surface area contributed by atoms with Gasteiger partial charge >= 0.3 is 0 Å². The molecule has 1 heterocycles. The van der Waals surface area contributed by atoms with Gasteiger partial charge in [-0.1, -0.05) is 6.92 Å². The second kappa shape index (κ2) is 3.07. The molecule has 3 nitrogen and oxygen atoms in total. The summed E-state index contributed by atoms with van der Waals surface area (Å²) in [4.78, 5) is 8.81. The summed E-state index contributed by atoms with van der Waals surface area (Å²) in [5.74, 6) is 0.999. The highest BCUT2D eigenvalue weighted by atomic mass is 14.9. The third-order valence-corrected chi connectivity index (χ3v) is 2.65. The molecule has 0 amide bonds. The predicted octanol–water partition coefficient (Wildman–Crippen LogP) is 1.03. The SMILES string of the molecule is CC1(c2nccc(CCN)n2)CC1. The summed E-state index contributed by atoms with van der Waals surface area (Å²) in [6, 6.07) is 1.95. The Labute approximate surface area is 78.4 Å². The van der Waals surface area contributed by atoms with E-state index in [-0.39, 0.29) is 5.41 Å². The van der Waals surface area contributed by atoms with E-state index in [0.717, 1.165) is 17.9 Å². The third kappa shape index (κ3) is 1.70. The molecule has 0 bridgehead atoms. The van der Waals surface area contributed by atoms with Crippen LogP contribution in [0.5, 0.6) is 0 Å². The van der Waals surface area contributed by atoms with E-state index in [2.05, 4.69) is 16.9 Å². The van der Waals surface area contributed by atoms with Crippen LogP contribution in [-0.2, 0) is 11.8 Å². The monoisotopic (exact) mass is 177 g/mol. The van der Waals surface area contributed by atoms with Crippen LogP contribution in [0.3, 0.4) is 0 Å². The van der Waals surface area contributed by atoms with E-state index in [1.807, 2.05) is 12.3 Å². The molecule has 0 aromatic carbocycles. The van der Waals surface area contributed by atoms with E-state index in [9.17, 15) is 0 Å². The van der Waals surface area contributed by atoms with Crippen molar-refractivity contribution in [3.8, 4) is 0 Å². The smallest absolute Gasteiger partial charge is 0.134 e.